The number of thioether (sulfide) groups is 1. The first-order valence-corrected chi connectivity index (χ1v) is 7.56. The van der Waals surface area contributed by atoms with Crippen molar-refractivity contribution in [3.05, 3.63) is 23.8 Å². The number of hydrogen-bond acceptors (Lipinski definition) is 4. The van der Waals surface area contributed by atoms with E-state index in [1.165, 1.54) is 7.11 Å². The Hall–Kier alpha value is -1.36. The summed E-state index contributed by atoms with van der Waals surface area (Å²) in [5.74, 6) is 2.60. The Morgan fingerprint density at radius 2 is 2.26 bits per heavy atom. The molecule has 0 aliphatic carbocycles. The van der Waals surface area contributed by atoms with Crippen molar-refractivity contribution in [2.24, 2.45) is 0 Å². The van der Waals surface area contributed by atoms with Gasteiger partial charge in [-0.2, -0.15) is 11.8 Å². The van der Waals surface area contributed by atoms with E-state index in [0.717, 1.165) is 17.9 Å². The minimum atomic E-state index is -0.0905. The molecule has 0 aliphatic heterocycles. The van der Waals surface area contributed by atoms with Gasteiger partial charge in [-0.3, -0.25) is 4.79 Å². The molecule has 106 valence electrons. The predicted octanol–water partition coefficient (Wildman–Crippen LogP) is 2.54. The molecule has 1 rings (SSSR count). The van der Waals surface area contributed by atoms with Gasteiger partial charge in [0.2, 0.25) is 0 Å². The number of nitrogen functional groups attached to an aromatic ring is 1. The van der Waals surface area contributed by atoms with Crippen LogP contribution in [0.5, 0.6) is 5.75 Å². The Morgan fingerprint density at radius 1 is 1.53 bits per heavy atom. The summed E-state index contributed by atoms with van der Waals surface area (Å²) in [7, 11) is 1.54. The maximum atomic E-state index is 12.1. The van der Waals surface area contributed by atoms with Crippen molar-refractivity contribution < 1.29 is 9.53 Å². The third-order valence-electron chi connectivity index (χ3n) is 2.77. The maximum absolute atomic E-state index is 12.1. The van der Waals surface area contributed by atoms with E-state index in [1.807, 2.05) is 18.7 Å². The molecular formula is C14H22N2O2S. The number of anilines is 1. The molecule has 1 aromatic rings. The number of hydrogen-bond donors (Lipinski definition) is 2. The van der Waals surface area contributed by atoms with Crippen molar-refractivity contribution in [3.63, 3.8) is 0 Å². The quantitative estimate of drug-likeness (QED) is 0.596. The molecule has 0 fully saturated rings. The molecule has 0 spiro atoms. The van der Waals surface area contributed by atoms with Gasteiger partial charge in [-0.15, -0.1) is 0 Å². The zero-order valence-corrected chi connectivity index (χ0v) is 12.5. The zero-order valence-electron chi connectivity index (χ0n) is 11.7. The van der Waals surface area contributed by atoms with E-state index in [2.05, 4.69) is 12.2 Å². The first kappa shape index (κ1) is 15.7. The molecule has 0 heterocycles. The highest BCUT2D eigenvalue weighted by molar-refractivity contribution is 7.99. The second-order valence-electron chi connectivity index (χ2n) is 4.32. The maximum Gasteiger partial charge on any atom is 0.251 e. The van der Waals surface area contributed by atoms with Crippen molar-refractivity contribution in [2.45, 2.75) is 26.3 Å². The van der Waals surface area contributed by atoms with Gasteiger partial charge in [-0.05, 0) is 43.0 Å². The number of carbonyl (C=O) groups is 1. The largest absolute Gasteiger partial charge is 0.495 e. The molecule has 1 amide bonds. The number of ether oxygens (including phenoxy) is 1. The number of rotatable bonds is 7. The van der Waals surface area contributed by atoms with Gasteiger partial charge in [0.25, 0.3) is 5.91 Å². The van der Waals surface area contributed by atoms with Gasteiger partial charge in [0, 0.05) is 11.6 Å². The third kappa shape index (κ3) is 5.03. The van der Waals surface area contributed by atoms with Gasteiger partial charge >= 0.3 is 0 Å². The lowest BCUT2D eigenvalue weighted by Gasteiger charge is -2.14. The molecule has 0 aromatic heterocycles. The Bertz CT molecular complexity index is 424. The molecule has 4 nitrogen and oxygen atoms in total. The monoisotopic (exact) mass is 282 g/mol. The topological polar surface area (TPSA) is 64.4 Å². The number of methoxy groups -OCH3 is 1. The van der Waals surface area contributed by atoms with Crippen molar-refractivity contribution in [2.75, 3.05) is 24.3 Å². The highest BCUT2D eigenvalue weighted by atomic mass is 32.2. The fourth-order valence-corrected chi connectivity index (χ4v) is 2.45. The van der Waals surface area contributed by atoms with Crippen molar-refractivity contribution in [1.29, 1.82) is 0 Å². The third-order valence-corrected chi connectivity index (χ3v) is 3.71. The number of amides is 1. The molecule has 5 heteroatoms. The summed E-state index contributed by atoms with van der Waals surface area (Å²) in [6.45, 7) is 4.15. The van der Waals surface area contributed by atoms with Crippen LogP contribution < -0.4 is 15.8 Å². The molecule has 1 atom stereocenters. The SMILES string of the molecule is CCSCCC(C)NC(=O)c1ccc(N)c(OC)c1. The van der Waals surface area contributed by atoms with Gasteiger partial charge in [-0.25, -0.2) is 0 Å². The predicted molar refractivity (Wildman–Crippen MR) is 82.0 cm³/mol. The van der Waals surface area contributed by atoms with Crippen LogP contribution in [0.15, 0.2) is 18.2 Å². The summed E-state index contributed by atoms with van der Waals surface area (Å²) >= 11 is 1.88. The Kier molecular flexibility index (Phi) is 6.56. The summed E-state index contributed by atoms with van der Waals surface area (Å²) in [5, 5.41) is 2.98. The van der Waals surface area contributed by atoms with Crippen LogP contribution in [0, 0.1) is 0 Å². The van der Waals surface area contributed by atoms with E-state index < -0.39 is 0 Å². The van der Waals surface area contributed by atoms with E-state index in [1.54, 1.807) is 18.2 Å². The normalized spacial score (nSPS) is 11.9. The summed E-state index contributed by atoms with van der Waals surface area (Å²) in [6.07, 6.45) is 0.969. The van der Waals surface area contributed by atoms with Crippen LogP contribution in [0.25, 0.3) is 0 Å². The fraction of sp³-hybridized carbons (Fsp3) is 0.500. The minimum absolute atomic E-state index is 0.0905. The van der Waals surface area contributed by atoms with E-state index >= 15 is 0 Å². The van der Waals surface area contributed by atoms with E-state index in [0.29, 0.717) is 17.0 Å². The lowest BCUT2D eigenvalue weighted by atomic mass is 10.1. The van der Waals surface area contributed by atoms with Gasteiger partial charge in [0.1, 0.15) is 5.75 Å². The molecule has 19 heavy (non-hydrogen) atoms. The van der Waals surface area contributed by atoms with E-state index in [-0.39, 0.29) is 11.9 Å². The summed E-state index contributed by atoms with van der Waals surface area (Å²) in [6, 6.07) is 5.22. The number of carbonyl (C=O) groups excluding carboxylic acids is 1. The van der Waals surface area contributed by atoms with Crippen LogP contribution in [0.1, 0.15) is 30.6 Å². The van der Waals surface area contributed by atoms with Crippen molar-refractivity contribution in [1.82, 2.24) is 5.32 Å². The second-order valence-corrected chi connectivity index (χ2v) is 5.71. The van der Waals surface area contributed by atoms with Gasteiger partial charge in [0.05, 0.1) is 12.8 Å². The van der Waals surface area contributed by atoms with Crippen LogP contribution >= 0.6 is 11.8 Å². The summed E-state index contributed by atoms with van der Waals surface area (Å²) in [4.78, 5) is 12.1. The molecule has 0 saturated carbocycles. The highest BCUT2D eigenvalue weighted by Gasteiger charge is 2.11. The molecule has 1 unspecified atom stereocenters. The zero-order chi connectivity index (χ0) is 14.3. The number of nitrogens with two attached hydrogens (primary N) is 1. The molecule has 0 bridgehead atoms. The van der Waals surface area contributed by atoms with Gasteiger partial charge in [-0.1, -0.05) is 6.92 Å². The molecule has 0 aliphatic rings. The van der Waals surface area contributed by atoms with E-state index in [9.17, 15) is 4.79 Å². The van der Waals surface area contributed by atoms with Crippen molar-refractivity contribution in [3.8, 4) is 5.75 Å². The van der Waals surface area contributed by atoms with Crippen LogP contribution in [-0.4, -0.2) is 30.6 Å². The highest BCUT2D eigenvalue weighted by Crippen LogP contribution is 2.22. The van der Waals surface area contributed by atoms with Gasteiger partial charge < -0.3 is 15.8 Å². The Balaban J connectivity index is 2.57. The molecule has 1 aromatic carbocycles. The molecule has 0 radical (unpaired) electrons. The summed E-state index contributed by atoms with van der Waals surface area (Å²) in [5.41, 5.74) is 6.83. The number of nitrogens with one attached hydrogen (secondary N) is 1. The van der Waals surface area contributed by atoms with E-state index in [4.69, 9.17) is 10.5 Å². The first-order valence-electron chi connectivity index (χ1n) is 6.40. The average molecular weight is 282 g/mol. The molecular weight excluding hydrogens is 260 g/mol. The smallest absolute Gasteiger partial charge is 0.251 e. The molecule has 0 saturated heterocycles. The lowest BCUT2D eigenvalue weighted by Crippen LogP contribution is -2.33. The lowest BCUT2D eigenvalue weighted by molar-refractivity contribution is 0.0939. The summed E-state index contributed by atoms with van der Waals surface area (Å²) < 4.78 is 5.11. The second kappa shape index (κ2) is 7.94. The van der Waals surface area contributed by atoms with Crippen LogP contribution in [-0.2, 0) is 0 Å². The number of benzene rings is 1. The Morgan fingerprint density at radius 3 is 2.89 bits per heavy atom. The van der Waals surface area contributed by atoms with Crippen molar-refractivity contribution >= 4 is 23.4 Å². The average Bonchev–Trinajstić information content (AvgIpc) is 2.39. The van der Waals surface area contributed by atoms with Gasteiger partial charge in [0.15, 0.2) is 0 Å². The van der Waals surface area contributed by atoms with Crippen LogP contribution in [0.4, 0.5) is 5.69 Å². The van der Waals surface area contributed by atoms with Crippen LogP contribution in [0.3, 0.4) is 0 Å². The Labute approximate surface area is 119 Å². The minimum Gasteiger partial charge on any atom is -0.495 e. The fourth-order valence-electron chi connectivity index (χ4n) is 1.64. The first-order chi connectivity index (χ1) is 9.08. The molecule has 3 N–H and O–H groups in total. The standard InChI is InChI=1S/C14H22N2O2S/c1-4-19-8-7-10(2)16-14(17)11-5-6-12(15)13(9-11)18-3/h5-6,9-10H,4,7-8,15H2,1-3H3,(H,16,17). The van der Waals surface area contributed by atoms with Crippen LogP contribution in [0.2, 0.25) is 0 Å².